The molecule has 45 heavy (non-hydrogen) atoms. The van der Waals surface area contributed by atoms with Crippen molar-refractivity contribution in [2.24, 2.45) is 0 Å². The molecule has 4 heterocycles. The predicted molar refractivity (Wildman–Crippen MR) is 159 cm³/mol. The average Bonchev–Trinajstić information content (AvgIpc) is 3.68. The number of ether oxygens (including phenoxy) is 4. The quantitative estimate of drug-likeness (QED) is 0.0423. The smallest absolute Gasteiger partial charge is 0.315 e. The van der Waals surface area contributed by atoms with Crippen LogP contribution in [0.1, 0.15) is 37.7 Å². The molecule has 0 saturated carbocycles. The summed E-state index contributed by atoms with van der Waals surface area (Å²) < 4.78 is 22.3. The summed E-state index contributed by atoms with van der Waals surface area (Å²) in [4.78, 5) is 48.1. The lowest BCUT2D eigenvalue weighted by Crippen LogP contribution is -2.59. The second kappa shape index (κ2) is 15.5. The van der Waals surface area contributed by atoms with Gasteiger partial charge in [0.1, 0.15) is 30.2 Å². The van der Waals surface area contributed by atoms with Crippen molar-refractivity contribution in [3.05, 3.63) is 42.0 Å². The Morgan fingerprint density at radius 3 is 2.49 bits per heavy atom. The van der Waals surface area contributed by atoms with Crippen LogP contribution in [-0.2, 0) is 35.2 Å². The normalized spacial score (nSPS) is 30.8. The van der Waals surface area contributed by atoms with Gasteiger partial charge in [0.25, 0.3) is 11.8 Å². The summed E-state index contributed by atoms with van der Waals surface area (Å²) in [5.41, 5.74) is 0.773. The van der Waals surface area contributed by atoms with Gasteiger partial charge in [-0.1, -0.05) is 18.6 Å². The van der Waals surface area contributed by atoms with E-state index in [4.69, 9.17) is 18.9 Å². The van der Waals surface area contributed by atoms with Crippen molar-refractivity contribution in [1.29, 1.82) is 0 Å². The molecule has 4 amide bonds. The van der Waals surface area contributed by atoms with E-state index in [1.54, 1.807) is 24.3 Å². The van der Waals surface area contributed by atoms with Crippen LogP contribution in [-0.4, -0.2) is 118 Å². The maximum atomic E-state index is 12.3. The third-order valence-electron chi connectivity index (χ3n) is 8.14. The van der Waals surface area contributed by atoms with Crippen molar-refractivity contribution >= 4 is 35.6 Å². The summed E-state index contributed by atoms with van der Waals surface area (Å²) >= 11 is 1.85. The molecule has 3 saturated heterocycles. The minimum Gasteiger partial charge on any atom is -0.427 e. The molecule has 5 N–H and O–H groups in total. The first-order valence-corrected chi connectivity index (χ1v) is 16.2. The van der Waals surface area contributed by atoms with E-state index in [1.165, 1.54) is 12.2 Å². The number of benzene rings is 1. The van der Waals surface area contributed by atoms with Gasteiger partial charge in [-0.2, -0.15) is 11.8 Å². The standard InChI is InChI=1S/C30H39N3O11S/c34-22-10-11-23(35)33(22)12-3-13-42-29-28(39)27(38)26(37)20(44-29)15-41-14-17-6-8-18(9-7-17)43-24(36)5-2-1-4-21-25-19(16-45-21)31-30(40)32-25/h6-11,19-21,25-29,37-39H,1-5,12-16H2,(H2,31,32,40)/t19-,20+,21-,25-,26+,27-,28+,29+/m0/s1/i3+1,12+1,13+1,15+1,20+1,26+1,27+1,28+1,29+1. The highest BCUT2D eigenvalue weighted by atomic mass is 32.2. The van der Waals surface area contributed by atoms with Crippen molar-refractivity contribution in [1.82, 2.24) is 15.5 Å². The first-order valence-electron chi connectivity index (χ1n) is 15.1. The maximum Gasteiger partial charge on any atom is 0.315 e. The number of aliphatic hydroxyl groups is 3. The number of imide groups is 1. The van der Waals surface area contributed by atoms with Crippen LogP contribution in [0.4, 0.5) is 4.79 Å². The second-order valence-corrected chi connectivity index (χ2v) is 12.7. The predicted octanol–water partition coefficient (Wildman–Crippen LogP) is -0.0263. The third kappa shape index (κ3) is 8.61. The van der Waals surface area contributed by atoms with Gasteiger partial charge in [0.05, 0.1) is 31.9 Å². The largest absolute Gasteiger partial charge is 0.427 e. The van der Waals surface area contributed by atoms with Crippen LogP contribution in [0, 0.1) is 0 Å². The fraction of sp³-hybridized carbons (Fsp3) is 0.600. The van der Waals surface area contributed by atoms with Crippen LogP contribution in [0.2, 0.25) is 0 Å². The Labute approximate surface area is 264 Å². The minimum absolute atomic E-state index is 0.0331. The number of thioether (sulfide) groups is 1. The number of aliphatic hydroxyl groups excluding tert-OH is 3. The molecule has 246 valence electrons. The molecule has 1 aromatic rings. The van der Waals surface area contributed by atoms with Gasteiger partial charge in [0, 0.05) is 36.1 Å². The van der Waals surface area contributed by atoms with Crippen molar-refractivity contribution in [2.75, 3.05) is 25.5 Å². The Kier molecular flexibility index (Phi) is 11.5. The summed E-state index contributed by atoms with van der Waals surface area (Å²) in [6.45, 7) is 0.206. The number of esters is 1. The van der Waals surface area contributed by atoms with E-state index < -0.39 is 42.5 Å². The third-order valence-corrected chi connectivity index (χ3v) is 9.65. The van der Waals surface area contributed by atoms with Gasteiger partial charge in [0.2, 0.25) is 0 Å². The van der Waals surface area contributed by atoms with E-state index in [0.717, 1.165) is 29.1 Å². The number of carbonyl (C=O) groups excluding carboxylic acids is 4. The number of hydrogen-bond donors (Lipinski definition) is 5. The molecule has 1 aromatic carbocycles. The zero-order valence-corrected chi connectivity index (χ0v) is 25.4. The number of unbranched alkanes of at least 4 members (excludes halogenated alkanes) is 1. The van der Waals surface area contributed by atoms with Gasteiger partial charge in [-0.3, -0.25) is 19.3 Å². The highest BCUT2D eigenvalue weighted by Gasteiger charge is 2.44. The average molecular weight is 659 g/mol. The lowest BCUT2D eigenvalue weighted by atomic mass is 10.0. The summed E-state index contributed by atoms with van der Waals surface area (Å²) in [5, 5.41) is 37.2. The molecule has 4 aliphatic heterocycles. The number of nitrogens with zero attached hydrogens (tertiary/aromatic N) is 1. The highest BCUT2D eigenvalue weighted by Crippen LogP contribution is 2.33. The van der Waals surface area contributed by atoms with E-state index in [-0.39, 0.29) is 56.9 Å². The van der Waals surface area contributed by atoms with E-state index in [0.29, 0.717) is 23.8 Å². The fourth-order valence-electron chi connectivity index (χ4n) is 5.65. The lowest BCUT2D eigenvalue weighted by molar-refractivity contribution is -0.303. The Balaban J connectivity index is 0.969. The van der Waals surface area contributed by atoms with Gasteiger partial charge in [0.15, 0.2) is 6.29 Å². The molecule has 4 aliphatic rings. The van der Waals surface area contributed by atoms with E-state index in [9.17, 15) is 34.5 Å². The Hall–Kier alpha value is -3.05. The zero-order valence-electron chi connectivity index (χ0n) is 24.6. The van der Waals surface area contributed by atoms with Crippen LogP contribution in [0.25, 0.3) is 0 Å². The summed E-state index contributed by atoms with van der Waals surface area (Å²) in [6, 6.07) is 7.06. The number of carbonyl (C=O) groups is 4. The number of urea groups is 1. The zero-order chi connectivity index (χ0) is 31.9. The van der Waals surface area contributed by atoms with Gasteiger partial charge < -0.3 is 44.9 Å². The fourth-order valence-corrected chi connectivity index (χ4v) is 7.20. The molecular weight excluding hydrogens is 619 g/mol. The number of nitrogens with one attached hydrogen (secondary N) is 2. The van der Waals surface area contributed by atoms with E-state index >= 15 is 0 Å². The highest BCUT2D eigenvalue weighted by molar-refractivity contribution is 8.00. The molecule has 3 fully saturated rings. The van der Waals surface area contributed by atoms with Crippen molar-refractivity contribution in [2.45, 2.75) is 86.8 Å². The Bertz CT molecular complexity index is 1230. The molecule has 0 radical (unpaired) electrons. The van der Waals surface area contributed by atoms with Crippen molar-refractivity contribution < 1.29 is 53.4 Å². The van der Waals surface area contributed by atoms with Gasteiger partial charge >= 0.3 is 12.0 Å². The van der Waals surface area contributed by atoms with Gasteiger partial charge in [-0.05, 0) is 37.0 Å². The van der Waals surface area contributed by atoms with Crippen LogP contribution >= 0.6 is 11.8 Å². The molecule has 0 aromatic heterocycles. The van der Waals surface area contributed by atoms with E-state index in [2.05, 4.69) is 10.6 Å². The first-order chi connectivity index (χ1) is 21.7. The Morgan fingerprint density at radius 2 is 1.73 bits per heavy atom. The van der Waals surface area contributed by atoms with Crippen LogP contribution in [0.5, 0.6) is 5.75 Å². The molecular formula is C30H39N3O11S. The van der Waals surface area contributed by atoms with Crippen molar-refractivity contribution in [3.63, 3.8) is 0 Å². The number of rotatable bonds is 15. The molecule has 15 heteroatoms. The molecule has 8 atom stereocenters. The number of amides is 4. The molecule has 0 aliphatic carbocycles. The lowest BCUT2D eigenvalue weighted by Gasteiger charge is -2.40. The van der Waals surface area contributed by atoms with Gasteiger partial charge in [-0.15, -0.1) is 0 Å². The minimum atomic E-state index is -1.53. The molecule has 14 nitrogen and oxygen atoms in total. The van der Waals surface area contributed by atoms with Crippen LogP contribution < -0.4 is 15.4 Å². The second-order valence-electron chi connectivity index (χ2n) is 11.4. The molecule has 0 unspecified atom stereocenters. The van der Waals surface area contributed by atoms with Crippen LogP contribution in [0.15, 0.2) is 36.4 Å². The van der Waals surface area contributed by atoms with Crippen molar-refractivity contribution in [3.8, 4) is 5.75 Å². The summed E-state index contributed by atoms with van der Waals surface area (Å²) in [5.74, 6) is 0.197. The molecule has 0 spiro atoms. The summed E-state index contributed by atoms with van der Waals surface area (Å²) in [6.07, 6.45) is -1.22. The van der Waals surface area contributed by atoms with Gasteiger partial charge in [-0.25, -0.2) is 4.79 Å². The number of fused-ring (bicyclic) bond motifs is 1. The molecule has 0 bridgehead atoms. The maximum absolute atomic E-state index is 12.3. The Morgan fingerprint density at radius 1 is 0.978 bits per heavy atom. The topological polar surface area (TPSA) is 193 Å². The van der Waals surface area contributed by atoms with Crippen LogP contribution in [0.3, 0.4) is 0 Å². The monoisotopic (exact) mass is 658 g/mol. The molecule has 5 rings (SSSR count). The SMILES string of the molecule is O=C1N[C@H]2[C@H](CS[C@H]2CCCCC(=O)Oc2ccc(CO[13CH2][13C@H]3O[13C@@H](O[13CH2][13CH2][13CH2]N4C(=O)C=CC4=O)[13C@H](O)[13C@@H](O)[13C@@H]3O)cc2)N1. The number of hydrogen-bond acceptors (Lipinski definition) is 12. The van der Waals surface area contributed by atoms with E-state index in [1.807, 2.05) is 11.8 Å². The summed E-state index contributed by atoms with van der Waals surface area (Å²) in [7, 11) is 0. The first kappa shape index (κ1) is 33.3.